The van der Waals surface area contributed by atoms with Gasteiger partial charge in [0.15, 0.2) is 0 Å². The minimum Gasteiger partial charge on any atom is -0.336 e. The van der Waals surface area contributed by atoms with E-state index >= 15 is 0 Å². The van der Waals surface area contributed by atoms with Gasteiger partial charge in [-0.15, -0.1) is 0 Å². The summed E-state index contributed by atoms with van der Waals surface area (Å²) in [6.07, 6.45) is 6.21. The molecule has 2 bridgehead atoms. The maximum Gasteiger partial charge on any atom is 0.319 e. The highest BCUT2D eigenvalue weighted by atomic mass is 16.2. The van der Waals surface area contributed by atoms with Gasteiger partial charge >= 0.3 is 6.03 Å². The van der Waals surface area contributed by atoms with E-state index in [2.05, 4.69) is 22.8 Å². The molecule has 6 heteroatoms. The quantitative estimate of drug-likeness (QED) is 0.634. The van der Waals surface area contributed by atoms with E-state index in [4.69, 9.17) is 0 Å². The summed E-state index contributed by atoms with van der Waals surface area (Å²) in [4.78, 5) is 38.9. The molecule has 0 aromatic heterocycles. The Hall–Kier alpha value is -2.63. The number of likely N-dealkylation sites (tertiary alicyclic amines) is 1. The summed E-state index contributed by atoms with van der Waals surface area (Å²) in [5.41, 5.74) is 2.87. The lowest BCUT2D eigenvalue weighted by Crippen LogP contribution is -2.40. The number of anilines is 1. The molecule has 4 atom stereocenters. The molecule has 5 rings (SSSR count). The Labute approximate surface area is 159 Å². The molecule has 1 aromatic carbocycles. The number of rotatable bonds is 4. The molecule has 142 valence electrons. The number of hydrogen-bond donors (Lipinski definition) is 2. The van der Waals surface area contributed by atoms with Crippen LogP contribution in [-0.2, 0) is 9.59 Å². The van der Waals surface area contributed by atoms with Gasteiger partial charge in [0.1, 0.15) is 0 Å². The van der Waals surface area contributed by atoms with Crippen molar-refractivity contribution in [1.29, 1.82) is 0 Å². The van der Waals surface area contributed by atoms with Crippen LogP contribution in [0.1, 0.15) is 24.0 Å². The van der Waals surface area contributed by atoms with Crippen LogP contribution < -0.4 is 10.6 Å². The molecular weight excluding hydrogens is 342 g/mol. The average molecular weight is 367 g/mol. The molecule has 4 amide bonds. The van der Waals surface area contributed by atoms with Crippen LogP contribution >= 0.6 is 0 Å². The van der Waals surface area contributed by atoms with E-state index < -0.39 is 0 Å². The number of imide groups is 1. The smallest absolute Gasteiger partial charge is 0.319 e. The molecule has 2 N–H and O–H groups in total. The first-order chi connectivity index (χ1) is 13.0. The Morgan fingerprint density at radius 1 is 1.07 bits per heavy atom. The summed E-state index contributed by atoms with van der Waals surface area (Å²) in [7, 11) is 0. The summed E-state index contributed by atoms with van der Waals surface area (Å²) in [6, 6.07) is 5.47. The molecule has 1 heterocycles. The molecule has 0 spiro atoms. The number of amides is 4. The fraction of sp³-hybridized carbons (Fsp3) is 0.476. The lowest BCUT2D eigenvalue weighted by Gasteiger charge is -2.38. The topological polar surface area (TPSA) is 78.5 Å². The monoisotopic (exact) mass is 367 g/mol. The summed E-state index contributed by atoms with van der Waals surface area (Å²) < 4.78 is 0. The fourth-order valence-electron chi connectivity index (χ4n) is 4.76. The van der Waals surface area contributed by atoms with Gasteiger partial charge in [0.05, 0.1) is 11.8 Å². The summed E-state index contributed by atoms with van der Waals surface area (Å²) >= 11 is 0. The van der Waals surface area contributed by atoms with E-state index in [9.17, 15) is 14.4 Å². The highest BCUT2D eigenvalue weighted by molar-refractivity contribution is 6.06. The predicted molar refractivity (Wildman–Crippen MR) is 102 cm³/mol. The standard InChI is InChI=1S/C21H25N3O3/c1-12-3-8-16(13(2)11-12)23-21(27)22-9-10-24-19(25)17-14-4-5-15(7-6-14)18(17)20(24)26/h3-5,8,11,14-15,17-18H,6-7,9-10H2,1-2H3,(H2,22,23,27). The maximum atomic E-state index is 12.7. The van der Waals surface area contributed by atoms with Crippen LogP contribution in [0.15, 0.2) is 30.4 Å². The predicted octanol–water partition coefficient (Wildman–Crippen LogP) is 2.62. The molecular formula is C21H25N3O3. The van der Waals surface area contributed by atoms with Crippen molar-refractivity contribution < 1.29 is 14.4 Å². The van der Waals surface area contributed by atoms with Crippen molar-refractivity contribution in [3.63, 3.8) is 0 Å². The average Bonchev–Trinajstić information content (AvgIpc) is 2.92. The summed E-state index contributed by atoms with van der Waals surface area (Å²) in [5, 5.41) is 5.56. The van der Waals surface area contributed by atoms with Crippen LogP contribution in [-0.4, -0.2) is 35.8 Å². The van der Waals surface area contributed by atoms with Crippen LogP contribution in [0.2, 0.25) is 0 Å². The van der Waals surface area contributed by atoms with Crippen molar-refractivity contribution in [2.45, 2.75) is 26.7 Å². The number of hydrogen-bond acceptors (Lipinski definition) is 3. The van der Waals surface area contributed by atoms with E-state index in [1.807, 2.05) is 32.0 Å². The van der Waals surface area contributed by atoms with Crippen molar-refractivity contribution in [2.75, 3.05) is 18.4 Å². The second-order valence-electron chi connectivity index (χ2n) is 7.87. The van der Waals surface area contributed by atoms with Crippen molar-refractivity contribution in [3.05, 3.63) is 41.5 Å². The molecule has 27 heavy (non-hydrogen) atoms. The highest BCUT2D eigenvalue weighted by Crippen LogP contribution is 2.49. The van der Waals surface area contributed by atoms with Crippen LogP contribution in [0.3, 0.4) is 0 Å². The Morgan fingerprint density at radius 3 is 2.26 bits per heavy atom. The number of aryl methyl sites for hydroxylation is 2. The van der Waals surface area contributed by atoms with Crippen LogP contribution in [0.5, 0.6) is 0 Å². The van der Waals surface area contributed by atoms with Gasteiger partial charge < -0.3 is 10.6 Å². The van der Waals surface area contributed by atoms with Gasteiger partial charge in [0.25, 0.3) is 0 Å². The number of fused-ring (bicyclic) bond motifs is 1. The molecule has 4 unspecified atom stereocenters. The summed E-state index contributed by atoms with van der Waals surface area (Å²) in [5.74, 6) is -0.124. The first-order valence-corrected chi connectivity index (χ1v) is 9.61. The third-order valence-electron chi connectivity index (χ3n) is 6.10. The van der Waals surface area contributed by atoms with E-state index in [0.717, 1.165) is 29.7 Å². The number of carbonyl (C=O) groups excluding carboxylic acids is 3. The summed E-state index contributed by atoms with van der Waals surface area (Å²) in [6.45, 7) is 4.41. The molecule has 3 aliphatic carbocycles. The Morgan fingerprint density at radius 2 is 1.70 bits per heavy atom. The highest BCUT2D eigenvalue weighted by Gasteiger charge is 2.56. The van der Waals surface area contributed by atoms with Gasteiger partial charge in [-0.05, 0) is 50.2 Å². The normalized spacial score (nSPS) is 28.4. The van der Waals surface area contributed by atoms with Gasteiger partial charge in [-0.3, -0.25) is 14.5 Å². The third kappa shape index (κ3) is 3.13. The molecule has 1 aliphatic heterocycles. The van der Waals surface area contributed by atoms with E-state index in [1.165, 1.54) is 4.90 Å². The van der Waals surface area contributed by atoms with Crippen molar-refractivity contribution in [2.24, 2.45) is 23.7 Å². The number of urea groups is 1. The zero-order valence-corrected chi connectivity index (χ0v) is 15.7. The van der Waals surface area contributed by atoms with E-state index in [1.54, 1.807) is 0 Å². The number of benzene rings is 1. The van der Waals surface area contributed by atoms with Crippen LogP contribution in [0, 0.1) is 37.5 Å². The van der Waals surface area contributed by atoms with Gasteiger partial charge in [-0.1, -0.05) is 29.8 Å². The lowest BCUT2D eigenvalue weighted by molar-refractivity contribution is -0.140. The van der Waals surface area contributed by atoms with Crippen molar-refractivity contribution in [1.82, 2.24) is 10.2 Å². The molecule has 4 aliphatic rings. The van der Waals surface area contributed by atoms with Gasteiger partial charge in [-0.2, -0.15) is 0 Å². The van der Waals surface area contributed by atoms with E-state index in [0.29, 0.717) is 0 Å². The Balaban J connectivity index is 1.32. The number of allylic oxidation sites excluding steroid dienone is 2. The van der Waals surface area contributed by atoms with Crippen molar-refractivity contribution >= 4 is 23.5 Å². The number of nitrogens with one attached hydrogen (secondary N) is 2. The van der Waals surface area contributed by atoms with Gasteiger partial charge in [-0.25, -0.2) is 4.79 Å². The molecule has 6 nitrogen and oxygen atoms in total. The van der Waals surface area contributed by atoms with Crippen LogP contribution in [0.25, 0.3) is 0 Å². The first kappa shape index (κ1) is 17.8. The Bertz CT molecular complexity index is 800. The second kappa shape index (κ2) is 6.83. The molecule has 1 aromatic rings. The molecule has 1 saturated heterocycles. The minimum atomic E-state index is -0.333. The molecule has 0 radical (unpaired) electrons. The first-order valence-electron chi connectivity index (χ1n) is 9.61. The van der Waals surface area contributed by atoms with Crippen molar-refractivity contribution in [3.8, 4) is 0 Å². The lowest BCUT2D eigenvalue weighted by atomic mass is 9.63. The van der Waals surface area contributed by atoms with Crippen LogP contribution in [0.4, 0.5) is 10.5 Å². The SMILES string of the molecule is Cc1ccc(NC(=O)NCCN2C(=O)C3C4C=CC(CC4)C3C2=O)c(C)c1. The zero-order valence-electron chi connectivity index (χ0n) is 15.7. The number of nitrogens with zero attached hydrogens (tertiary/aromatic N) is 1. The van der Waals surface area contributed by atoms with Gasteiger partial charge in [0.2, 0.25) is 11.8 Å². The largest absolute Gasteiger partial charge is 0.336 e. The van der Waals surface area contributed by atoms with Gasteiger partial charge in [0, 0.05) is 18.8 Å². The Kier molecular flexibility index (Phi) is 4.50. The zero-order chi connectivity index (χ0) is 19.1. The second-order valence-corrected chi connectivity index (χ2v) is 7.87. The fourth-order valence-corrected chi connectivity index (χ4v) is 4.76. The third-order valence-corrected chi connectivity index (χ3v) is 6.10. The molecule has 1 saturated carbocycles. The maximum absolute atomic E-state index is 12.7. The van der Waals surface area contributed by atoms with E-state index in [-0.39, 0.29) is 54.6 Å². The number of carbonyl (C=O) groups is 3. The molecule has 2 fully saturated rings. The minimum absolute atomic E-state index is 0.0689.